The van der Waals surface area contributed by atoms with Crippen LogP contribution in [0.4, 0.5) is 11.4 Å². The van der Waals surface area contributed by atoms with E-state index < -0.39 is 21.8 Å². The first-order chi connectivity index (χ1) is 15.3. The van der Waals surface area contributed by atoms with Gasteiger partial charge in [0.1, 0.15) is 6.04 Å². The molecule has 0 aliphatic carbocycles. The Morgan fingerprint density at radius 1 is 1.09 bits per heavy atom. The zero-order valence-corrected chi connectivity index (χ0v) is 20.0. The predicted molar refractivity (Wildman–Crippen MR) is 130 cm³/mol. The van der Waals surface area contributed by atoms with Gasteiger partial charge in [-0.25, -0.2) is 8.42 Å². The number of nitrogens with one attached hydrogen (secondary N) is 3. The van der Waals surface area contributed by atoms with Gasteiger partial charge in [0.25, 0.3) is 5.91 Å². The van der Waals surface area contributed by atoms with E-state index in [0.29, 0.717) is 29.0 Å². The van der Waals surface area contributed by atoms with E-state index >= 15 is 0 Å². The van der Waals surface area contributed by atoms with Gasteiger partial charge >= 0.3 is 0 Å². The fourth-order valence-electron chi connectivity index (χ4n) is 3.38. The summed E-state index contributed by atoms with van der Waals surface area (Å²) in [5, 5.41) is 10.5. The molecule has 10 heteroatoms. The van der Waals surface area contributed by atoms with Crippen molar-refractivity contribution in [1.82, 2.24) is 5.32 Å². The largest absolute Gasteiger partial charge is 0.371 e. The molecule has 1 atom stereocenters. The Bertz CT molecular complexity index is 1260. The molecule has 0 fully saturated rings. The molecule has 0 bridgehead atoms. The van der Waals surface area contributed by atoms with E-state index in [1.165, 1.54) is 0 Å². The highest BCUT2D eigenvalue weighted by Gasteiger charge is 2.30. The van der Waals surface area contributed by atoms with Crippen LogP contribution < -0.4 is 16.0 Å². The quantitative estimate of drug-likeness (QED) is 0.428. The minimum atomic E-state index is -3.54. The molecule has 3 aromatic rings. The van der Waals surface area contributed by atoms with Crippen molar-refractivity contribution in [2.75, 3.05) is 16.4 Å². The molecule has 1 aliphatic heterocycles. The summed E-state index contributed by atoms with van der Waals surface area (Å²) in [5.74, 6) is -1.21. The Morgan fingerprint density at radius 3 is 2.69 bits per heavy atom. The average Bonchev–Trinajstić information content (AvgIpc) is 3.25. The fourth-order valence-corrected chi connectivity index (χ4v) is 6.02. The van der Waals surface area contributed by atoms with E-state index in [-0.39, 0.29) is 17.4 Å². The topological polar surface area (TPSA) is 104 Å². The lowest BCUT2D eigenvalue weighted by atomic mass is 10.1. The van der Waals surface area contributed by atoms with Crippen molar-refractivity contribution in [3.8, 4) is 0 Å². The Hall–Kier alpha value is -2.69. The van der Waals surface area contributed by atoms with Gasteiger partial charge in [0.05, 0.1) is 29.4 Å². The number of amides is 2. The summed E-state index contributed by atoms with van der Waals surface area (Å²) >= 11 is 4.89. The lowest BCUT2D eigenvalue weighted by Crippen LogP contribution is -2.43. The molecule has 0 radical (unpaired) electrons. The zero-order valence-electron chi connectivity index (χ0n) is 16.8. The van der Waals surface area contributed by atoms with Gasteiger partial charge in [-0.1, -0.05) is 34.1 Å². The van der Waals surface area contributed by atoms with Crippen molar-refractivity contribution < 1.29 is 18.0 Å². The van der Waals surface area contributed by atoms with E-state index in [1.807, 2.05) is 23.6 Å². The number of hydrogen-bond acceptors (Lipinski definition) is 6. The molecule has 32 heavy (non-hydrogen) atoms. The number of carbonyl (C=O) groups excluding carboxylic acids is 2. The van der Waals surface area contributed by atoms with Gasteiger partial charge in [0, 0.05) is 14.9 Å². The second-order valence-corrected chi connectivity index (χ2v) is 11.5. The molecule has 1 unspecified atom stereocenters. The molecule has 0 spiro atoms. The first-order valence-corrected chi connectivity index (χ1v) is 13.3. The summed E-state index contributed by atoms with van der Waals surface area (Å²) in [6.07, 6.45) is 0. The number of halogens is 1. The highest BCUT2D eigenvalue weighted by atomic mass is 79.9. The maximum atomic E-state index is 12.7. The Morgan fingerprint density at radius 2 is 1.94 bits per heavy atom. The first kappa shape index (κ1) is 22.5. The molecule has 7 nitrogen and oxygen atoms in total. The molecule has 4 rings (SSSR count). The monoisotopic (exact) mass is 533 g/mol. The molecule has 3 N–H and O–H groups in total. The first-order valence-electron chi connectivity index (χ1n) is 9.76. The van der Waals surface area contributed by atoms with Crippen LogP contribution in [0.25, 0.3) is 0 Å². The minimum absolute atomic E-state index is 0.159. The summed E-state index contributed by atoms with van der Waals surface area (Å²) in [7, 11) is -3.54. The number of benzene rings is 2. The summed E-state index contributed by atoms with van der Waals surface area (Å²) in [5.41, 5.74) is 2.07. The van der Waals surface area contributed by atoms with Gasteiger partial charge in [-0.15, -0.1) is 11.3 Å². The van der Waals surface area contributed by atoms with Crippen LogP contribution in [0.3, 0.4) is 0 Å². The normalized spacial score (nSPS) is 15.4. The van der Waals surface area contributed by atoms with Crippen LogP contribution in [0.15, 0.2) is 64.5 Å². The molecule has 2 amide bonds. The predicted octanol–water partition coefficient (Wildman–Crippen LogP) is 3.79. The lowest BCUT2D eigenvalue weighted by Gasteiger charge is -2.27. The minimum Gasteiger partial charge on any atom is -0.371 e. The third-order valence-corrected chi connectivity index (χ3v) is 7.87. The van der Waals surface area contributed by atoms with Gasteiger partial charge in [0.2, 0.25) is 5.91 Å². The van der Waals surface area contributed by atoms with Gasteiger partial charge in [-0.3, -0.25) is 9.59 Å². The summed E-state index contributed by atoms with van der Waals surface area (Å²) in [6.45, 7) is 0.427. The molecule has 2 heterocycles. The Labute approximate surface area is 198 Å². The molecular weight excluding hydrogens is 514 g/mol. The SMILES string of the molecule is O=C(NCc1cccs1)c1ccc2c(c1)NC(=O)C(CS(=O)(=O)Cc1cccc(Br)c1)N2. The highest BCUT2D eigenvalue weighted by Crippen LogP contribution is 2.28. The lowest BCUT2D eigenvalue weighted by molar-refractivity contribution is -0.116. The molecular formula is C22H20BrN3O4S2. The smallest absolute Gasteiger partial charge is 0.251 e. The number of hydrogen-bond donors (Lipinski definition) is 3. The molecule has 1 aromatic heterocycles. The summed E-state index contributed by atoms with van der Waals surface area (Å²) in [4.78, 5) is 26.0. The van der Waals surface area contributed by atoms with Crippen molar-refractivity contribution in [3.05, 3.63) is 80.5 Å². The van der Waals surface area contributed by atoms with Gasteiger partial charge in [-0.2, -0.15) is 0 Å². The summed E-state index contributed by atoms with van der Waals surface area (Å²) in [6, 6.07) is 14.9. The zero-order chi connectivity index (χ0) is 22.7. The van der Waals surface area contributed by atoms with Gasteiger partial charge < -0.3 is 16.0 Å². The van der Waals surface area contributed by atoms with E-state index in [9.17, 15) is 18.0 Å². The molecule has 1 aliphatic rings. The standard InChI is InChI=1S/C22H20BrN3O4S2/c23-16-4-1-3-14(9-16)12-32(29,30)13-20-22(28)26-19-10-15(6-7-18(19)25-20)21(27)24-11-17-5-2-8-31-17/h1-10,20,25H,11-13H2,(H,24,27)(H,26,28). The number of carbonyl (C=O) groups is 2. The Kier molecular flexibility index (Phi) is 6.63. The maximum absolute atomic E-state index is 12.7. The van der Waals surface area contributed by atoms with Crippen LogP contribution in [0.5, 0.6) is 0 Å². The van der Waals surface area contributed by atoms with Crippen molar-refractivity contribution in [1.29, 1.82) is 0 Å². The molecule has 2 aromatic carbocycles. The van der Waals surface area contributed by atoms with Crippen molar-refractivity contribution in [2.24, 2.45) is 0 Å². The fraction of sp³-hybridized carbons (Fsp3) is 0.182. The number of sulfone groups is 1. The Balaban J connectivity index is 1.42. The van der Waals surface area contributed by atoms with Crippen molar-refractivity contribution in [2.45, 2.75) is 18.3 Å². The van der Waals surface area contributed by atoms with Crippen LogP contribution in [-0.2, 0) is 26.9 Å². The number of thiophene rings is 1. The van der Waals surface area contributed by atoms with Crippen molar-refractivity contribution in [3.63, 3.8) is 0 Å². The van der Waals surface area contributed by atoms with E-state index in [1.54, 1.807) is 47.7 Å². The molecule has 0 saturated heterocycles. The van der Waals surface area contributed by atoms with Crippen LogP contribution >= 0.6 is 27.3 Å². The van der Waals surface area contributed by atoms with Crippen LogP contribution in [0.2, 0.25) is 0 Å². The third kappa shape index (κ3) is 5.56. The van der Waals surface area contributed by atoms with Gasteiger partial charge in [-0.05, 0) is 47.3 Å². The summed E-state index contributed by atoms with van der Waals surface area (Å²) < 4.78 is 26.1. The third-order valence-electron chi connectivity index (χ3n) is 4.89. The van der Waals surface area contributed by atoms with Crippen LogP contribution in [0, 0.1) is 0 Å². The van der Waals surface area contributed by atoms with E-state index in [0.717, 1.165) is 9.35 Å². The average molecular weight is 534 g/mol. The number of anilines is 2. The maximum Gasteiger partial charge on any atom is 0.251 e. The second-order valence-electron chi connectivity index (χ2n) is 7.39. The van der Waals surface area contributed by atoms with Gasteiger partial charge in [0.15, 0.2) is 9.84 Å². The number of fused-ring (bicyclic) bond motifs is 1. The number of rotatable bonds is 7. The molecule has 0 saturated carbocycles. The second kappa shape index (κ2) is 9.43. The van der Waals surface area contributed by atoms with Crippen molar-refractivity contribution >= 4 is 60.3 Å². The van der Waals surface area contributed by atoms with Crippen LogP contribution in [-0.4, -0.2) is 32.0 Å². The highest BCUT2D eigenvalue weighted by molar-refractivity contribution is 9.10. The van der Waals surface area contributed by atoms with E-state index in [2.05, 4.69) is 31.9 Å². The molecule has 166 valence electrons. The van der Waals surface area contributed by atoms with E-state index in [4.69, 9.17) is 0 Å². The van der Waals surface area contributed by atoms with Crippen LogP contribution in [0.1, 0.15) is 20.8 Å².